The molecule has 1 heterocycles. The van der Waals surface area contributed by atoms with Crippen LogP contribution in [0, 0.1) is 0 Å². The average Bonchev–Trinajstić information content (AvgIpc) is 3.23. The van der Waals surface area contributed by atoms with Gasteiger partial charge in [0.05, 0.1) is 23.4 Å². The molecule has 0 aliphatic carbocycles. The van der Waals surface area contributed by atoms with E-state index >= 15 is 0 Å². The van der Waals surface area contributed by atoms with Crippen LogP contribution in [0.15, 0.2) is 30.3 Å². The average molecular weight is 506 g/mol. The first-order chi connectivity index (χ1) is 16.4. The largest absolute Gasteiger partial charge is 0.508 e. The predicted molar refractivity (Wildman–Crippen MR) is 130 cm³/mol. The van der Waals surface area contributed by atoms with Gasteiger partial charge in [0, 0.05) is 6.54 Å². The summed E-state index contributed by atoms with van der Waals surface area (Å²) in [6.07, 6.45) is -0.255. The summed E-state index contributed by atoms with van der Waals surface area (Å²) in [6.45, 7) is 6.91. The fraction of sp³-hybridized carbons (Fsp3) is 0.417. The normalized spacial score (nSPS) is 11.8. The molecule has 190 valence electrons. The van der Waals surface area contributed by atoms with Gasteiger partial charge in [-0.05, 0) is 56.5 Å². The minimum absolute atomic E-state index is 0.0985. The molecule has 0 fully saturated rings. The van der Waals surface area contributed by atoms with Crippen molar-refractivity contribution in [3.05, 3.63) is 51.2 Å². The second-order valence-corrected chi connectivity index (χ2v) is 9.66. The maximum absolute atomic E-state index is 13.0. The number of aromatic hydroxyl groups is 1. The SMILES string of the molecule is CCc1cc(C(=O)NCc2cccc(O)c2)sc1C(=O)NC(CNC(=O)OC(C)(C)C)C(=O)OC. The Balaban J connectivity index is 2.08. The van der Waals surface area contributed by atoms with Crippen molar-refractivity contribution in [3.63, 3.8) is 0 Å². The highest BCUT2D eigenvalue weighted by Gasteiger charge is 2.27. The number of nitrogens with one attached hydrogen (secondary N) is 3. The van der Waals surface area contributed by atoms with Crippen LogP contribution in [0.1, 0.15) is 58.2 Å². The molecule has 35 heavy (non-hydrogen) atoms. The summed E-state index contributed by atoms with van der Waals surface area (Å²) in [5.74, 6) is -1.59. The molecule has 0 saturated carbocycles. The Kier molecular flexibility index (Phi) is 9.64. The highest BCUT2D eigenvalue weighted by molar-refractivity contribution is 7.16. The number of aryl methyl sites for hydroxylation is 1. The first-order valence-electron chi connectivity index (χ1n) is 11.0. The highest BCUT2D eigenvalue weighted by atomic mass is 32.1. The van der Waals surface area contributed by atoms with E-state index in [0.717, 1.165) is 16.9 Å². The lowest BCUT2D eigenvalue weighted by molar-refractivity contribution is -0.142. The smallest absolute Gasteiger partial charge is 0.407 e. The lowest BCUT2D eigenvalue weighted by Crippen LogP contribution is -2.49. The van der Waals surface area contributed by atoms with Crippen molar-refractivity contribution in [2.24, 2.45) is 0 Å². The quantitative estimate of drug-likeness (QED) is 0.384. The number of hydrogen-bond acceptors (Lipinski definition) is 8. The number of benzene rings is 1. The zero-order chi connectivity index (χ0) is 26.2. The number of amides is 3. The van der Waals surface area contributed by atoms with Gasteiger partial charge < -0.3 is 30.5 Å². The van der Waals surface area contributed by atoms with Crippen LogP contribution in [0.3, 0.4) is 0 Å². The number of carbonyl (C=O) groups is 4. The number of phenolic OH excluding ortho intramolecular Hbond substituents is 1. The van der Waals surface area contributed by atoms with Crippen molar-refractivity contribution in [1.29, 1.82) is 0 Å². The third-order valence-corrected chi connectivity index (χ3v) is 5.80. The van der Waals surface area contributed by atoms with E-state index in [1.54, 1.807) is 45.0 Å². The monoisotopic (exact) mass is 505 g/mol. The van der Waals surface area contributed by atoms with Gasteiger partial charge in [-0.2, -0.15) is 0 Å². The second-order valence-electron chi connectivity index (χ2n) is 8.60. The number of thiophene rings is 1. The first-order valence-corrected chi connectivity index (χ1v) is 11.8. The summed E-state index contributed by atoms with van der Waals surface area (Å²) in [7, 11) is 1.17. The molecule has 1 aromatic carbocycles. The van der Waals surface area contributed by atoms with Crippen LogP contribution in [-0.2, 0) is 27.2 Å². The fourth-order valence-corrected chi connectivity index (χ4v) is 4.06. The van der Waals surface area contributed by atoms with E-state index in [-0.39, 0.29) is 29.6 Å². The highest BCUT2D eigenvalue weighted by Crippen LogP contribution is 2.24. The number of rotatable bonds is 9. The van der Waals surface area contributed by atoms with Crippen LogP contribution in [0.2, 0.25) is 0 Å². The topological polar surface area (TPSA) is 143 Å². The van der Waals surface area contributed by atoms with Crippen molar-refractivity contribution in [2.45, 2.75) is 52.3 Å². The molecule has 2 rings (SSSR count). The third kappa shape index (κ3) is 8.60. The van der Waals surface area contributed by atoms with E-state index in [1.807, 2.05) is 6.92 Å². The molecule has 1 unspecified atom stereocenters. The van der Waals surface area contributed by atoms with Crippen molar-refractivity contribution in [1.82, 2.24) is 16.0 Å². The van der Waals surface area contributed by atoms with E-state index < -0.39 is 29.6 Å². The molecule has 1 aromatic heterocycles. The van der Waals surface area contributed by atoms with E-state index in [0.29, 0.717) is 16.9 Å². The number of alkyl carbamates (subject to hydrolysis) is 1. The number of esters is 1. The predicted octanol–water partition coefficient (Wildman–Crippen LogP) is 2.74. The van der Waals surface area contributed by atoms with Crippen molar-refractivity contribution >= 4 is 35.2 Å². The Morgan fingerprint density at radius 2 is 1.80 bits per heavy atom. The summed E-state index contributed by atoms with van der Waals surface area (Å²) < 4.78 is 9.89. The molecule has 0 aliphatic rings. The number of ether oxygens (including phenoxy) is 2. The molecular weight excluding hydrogens is 474 g/mol. The maximum atomic E-state index is 13.0. The molecule has 0 bridgehead atoms. The molecule has 2 aromatic rings. The fourth-order valence-electron chi connectivity index (χ4n) is 2.99. The molecular formula is C24H31N3O7S. The van der Waals surface area contributed by atoms with E-state index in [4.69, 9.17) is 9.47 Å². The number of methoxy groups -OCH3 is 1. The standard InChI is InChI=1S/C24H31N3O7S/c1-6-15-11-18(20(29)25-12-14-8-7-9-16(28)10-14)35-19(15)21(30)27-17(22(31)33-5)13-26-23(32)34-24(2,3)4/h7-11,17,28H,6,12-13H2,1-5H3,(H,25,29)(H,26,32)(H,27,30). The minimum atomic E-state index is -1.16. The van der Waals surface area contributed by atoms with Crippen LogP contribution in [0.5, 0.6) is 5.75 Å². The summed E-state index contributed by atoms with van der Waals surface area (Å²) in [6, 6.07) is 6.99. The van der Waals surface area contributed by atoms with Gasteiger partial charge in [-0.1, -0.05) is 19.1 Å². The third-order valence-electron chi connectivity index (χ3n) is 4.62. The van der Waals surface area contributed by atoms with Gasteiger partial charge in [-0.15, -0.1) is 11.3 Å². The Morgan fingerprint density at radius 1 is 1.09 bits per heavy atom. The molecule has 3 amide bonds. The minimum Gasteiger partial charge on any atom is -0.508 e. The Bertz CT molecular complexity index is 1080. The second kappa shape index (κ2) is 12.2. The van der Waals surface area contributed by atoms with E-state index in [9.17, 15) is 24.3 Å². The van der Waals surface area contributed by atoms with Gasteiger partial charge in [-0.3, -0.25) is 9.59 Å². The summed E-state index contributed by atoms with van der Waals surface area (Å²) in [4.78, 5) is 50.3. The van der Waals surface area contributed by atoms with Crippen LogP contribution < -0.4 is 16.0 Å². The zero-order valence-electron chi connectivity index (χ0n) is 20.4. The van der Waals surface area contributed by atoms with Crippen LogP contribution >= 0.6 is 11.3 Å². The number of phenols is 1. The lowest BCUT2D eigenvalue weighted by atomic mass is 10.1. The van der Waals surface area contributed by atoms with Crippen molar-refractivity contribution in [3.8, 4) is 5.75 Å². The van der Waals surface area contributed by atoms with Gasteiger partial charge in [-0.25, -0.2) is 9.59 Å². The first kappa shape index (κ1) is 27.6. The maximum Gasteiger partial charge on any atom is 0.407 e. The Labute approximate surface area is 208 Å². The molecule has 1 atom stereocenters. The van der Waals surface area contributed by atoms with Crippen LogP contribution in [-0.4, -0.2) is 54.3 Å². The molecule has 0 saturated heterocycles. The van der Waals surface area contributed by atoms with Gasteiger partial charge in [0.15, 0.2) is 0 Å². The van der Waals surface area contributed by atoms with E-state index in [1.165, 1.54) is 13.2 Å². The lowest BCUT2D eigenvalue weighted by Gasteiger charge is -2.21. The summed E-state index contributed by atoms with van der Waals surface area (Å²) >= 11 is 0.995. The Hall–Kier alpha value is -3.60. The van der Waals surface area contributed by atoms with Crippen LogP contribution in [0.4, 0.5) is 4.79 Å². The molecule has 0 aliphatic heterocycles. The van der Waals surface area contributed by atoms with Gasteiger partial charge >= 0.3 is 12.1 Å². The molecule has 4 N–H and O–H groups in total. The molecule has 10 nitrogen and oxygen atoms in total. The molecule has 0 radical (unpaired) electrons. The summed E-state index contributed by atoms with van der Waals surface area (Å²) in [5, 5.41) is 17.3. The molecule has 11 heteroatoms. The zero-order valence-corrected chi connectivity index (χ0v) is 21.2. The number of carbonyl (C=O) groups excluding carboxylic acids is 4. The van der Waals surface area contributed by atoms with Crippen molar-refractivity contribution in [2.75, 3.05) is 13.7 Å². The van der Waals surface area contributed by atoms with Gasteiger partial charge in [0.25, 0.3) is 11.8 Å². The van der Waals surface area contributed by atoms with Gasteiger partial charge in [0.1, 0.15) is 17.4 Å². The Morgan fingerprint density at radius 3 is 2.40 bits per heavy atom. The van der Waals surface area contributed by atoms with Gasteiger partial charge in [0.2, 0.25) is 0 Å². The summed E-state index contributed by atoms with van der Waals surface area (Å²) in [5.41, 5.74) is 0.639. The molecule has 0 spiro atoms. The number of hydrogen-bond donors (Lipinski definition) is 4. The van der Waals surface area contributed by atoms with Crippen LogP contribution in [0.25, 0.3) is 0 Å². The van der Waals surface area contributed by atoms with Crippen molar-refractivity contribution < 1.29 is 33.8 Å². The van der Waals surface area contributed by atoms with E-state index in [2.05, 4.69) is 16.0 Å².